The molecule has 0 saturated carbocycles. The van der Waals surface area contributed by atoms with Gasteiger partial charge in [-0.2, -0.15) is 0 Å². The van der Waals surface area contributed by atoms with E-state index in [9.17, 15) is 9.18 Å². The Balaban J connectivity index is 2.61. The molecule has 1 aromatic carbocycles. The lowest BCUT2D eigenvalue weighted by Gasteiger charge is -2.04. The molecule has 0 aliphatic rings. The topological polar surface area (TPSA) is 52.3 Å². The van der Waals surface area contributed by atoms with Crippen molar-refractivity contribution in [3.8, 4) is 11.1 Å². The Bertz CT molecular complexity index is 565. The minimum Gasteiger partial charge on any atom is -0.465 e. The number of hydrogen-bond donors (Lipinski definition) is 1. The van der Waals surface area contributed by atoms with Crippen LogP contribution in [0.4, 0.5) is 9.39 Å². The zero-order valence-electron chi connectivity index (χ0n) is 9.07. The van der Waals surface area contributed by atoms with Crippen LogP contribution in [0.2, 0.25) is 0 Å². The highest BCUT2D eigenvalue weighted by Crippen LogP contribution is 2.35. The maximum absolute atomic E-state index is 13.6. The molecule has 17 heavy (non-hydrogen) atoms. The Labute approximate surface area is 102 Å². The fourth-order valence-electron chi connectivity index (χ4n) is 1.56. The molecule has 3 nitrogen and oxygen atoms in total. The number of anilines is 1. The van der Waals surface area contributed by atoms with E-state index in [2.05, 4.69) is 4.74 Å². The molecule has 0 spiro atoms. The van der Waals surface area contributed by atoms with Crippen LogP contribution in [0.15, 0.2) is 29.6 Å². The average molecular weight is 251 g/mol. The van der Waals surface area contributed by atoms with Gasteiger partial charge in [0.2, 0.25) is 0 Å². The second-order valence-corrected chi connectivity index (χ2v) is 4.27. The van der Waals surface area contributed by atoms with Gasteiger partial charge in [0.05, 0.1) is 7.11 Å². The number of halogens is 1. The van der Waals surface area contributed by atoms with Crippen LogP contribution in [-0.2, 0) is 4.74 Å². The monoisotopic (exact) mass is 251 g/mol. The van der Waals surface area contributed by atoms with Crippen molar-refractivity contribution in [2.45, 2.75) is 0 Å². The van der Waals surface area contributed by atoms with Gasteiger partial charge >= 0.3 is 5.97 Å². The summed E-state index contributed by atoms with van der Waals surface area (Å²) in [5, 5.41) is 1.98. The molecule has 0 aliphatic heterocycles. The Kier molecular flexibility index (Phi) is 3.10. The van der Waals surface area contributed by atoms with E-state index >= 15 is 0 Å². The minimum absolute atomic E-state index is 0.225. The summed E-state index contributed by atoms with van der Waals surface area (Å²) < 4.78 is 18.3. The van der Waals surface area contributed by atoms with Crippen LogP contribution in [0.5, 0.6) is 0 Å². The first-order valence-corrected chi connectivity index (χ1v) is 5.73. The Morgan fingerprint density at radius 1 is 1.35 bits per heavy atom. The Morgan fingerprint density at radius 2 is 2.06 bits per heavy atom. The van der Waals surface area contributed by atoms with Gasteiger partial charge in [0, 0.05) is 16.5 Å². The molecule has 0 amide bonds. The standard InChI is InChI=1S/C12H10FNO2S/c1-16-12(15)10-8(6-17-11(10)14)7-4-2-3-5-9(7)13/h2-6H,14H2,1H3. The molecule has 2 rings (SSSR count). The molecule has 0 aliphatic carbocycles. The number of hydrogen-bond acceptors (Lipinski definition) is 4. The Hall–Kier alpha value is -1.88. The molecule has 0 saturated heterocycles. The normalized spacial score (nSPS) is 10.2. The van der Waals surface area contributed by atoms with Crippen molar-refractivity contribution < 1.29 is 13.9 Å². The van der Waals surface area contributed by atoms with Crippen molar-refractivity contribution in [3.63, 3.8) is 0 Å². The zero-order valence-corrected chi connectivity index (χ0v) is 9.88. The van der Waals surface area contributed by atoms with Gasteiger partial charge in [-0.1, -0.05) is 18.2 Å². The number of methoxy groups -OCH3 is 1. The highest BCUT2D eigenvalue weighted by Gasteiger charge is 2.20. The van der Waals surface area contributed by atoms with Crippen molar-refractivity contribution in [1.29, 1.82) is 0 Å². The summed E-state index contributed by atoms with van der Waals surface area (Å²) in [7, 11) is 1.27. The van der Waals surface area contributed by atoms with Gasteiger partial charge in [-0.3, -0.25) is 0 Å². The number of esters is 1. The summed E-state index contributed by atoms with van der Waals surface area (Å²) in [6.07, 6.45) is 0. The molecule has 2 aromatic rings. The second-order valence-electron chi connectivity index (χ2n) is 3.36. The van der Waals surface area contributed by atoms with Gasteiger partial charge in [0.15, 0.2) is 0 Å². The number of benzene rings is 1. The van der Waals surface area contributed by atoms with Crippen LogP contribution >= 0.6 is 11.3 Å². The number of carbonyl (C=O) groups is 1. The largest absolute Gasteiger partial charge is 0.465 e. The molecule has 0 bridgehead atoms. The fraction of sp³-hybridized carbons (Fsp3) is 0.0833. The third-order valence-electron chi connectivity index (χ3n) is 2.37. The fourth-order valence-corrected chi connectivity index (χ4v) is 2.36. The van der Waals surface area contributed by atoms with Gasteiger partial charge < -0.3 is 10.5 Å². The summed E-state index contributed by atoms with van der Waals surface area (Å²) in [4.78, 5) is 11.6. The first-order chi connectivity index (χ1) is 8.15. The third kappa shape index (κ3) is 2.01. The van der Waals surface area contributed by atoms with Crippen molar-refractivity contribution in [1.82, 2.24) is 0 Å². The van der Waals surface area contributed by atoms with Crippen molar-refractivity contribution in [2.75, 3.05) is 12.8 Å². The van der Waals surface area contributed by atoms with Gasteiger partial charge in [-0.05, 0) is 6.07 Å². The molecule has 0 radical (unpaired) electrons. The lowest BCUT2D eigenvalue weighted by atomic mass is 10.0. The van der Waals surface area contributed by atoms with E-state index in [1.807, 2.05) is 0 Å². The van der Waals surface area contributed by atoms with E-state index in [1.165, 1.54) is 24.5 Å². The summed E-state index contributed by atoms with van der Waals surface area (Å²) in [6.45, 7) is 0. The number of nitrogen functional groups attached to an aromatic ring is 1. The van der Waals surface area contributed by atoms with Gasteiger partial charge in [-0.15, -0.1) is 11.3 Å². The van der Waals surface area contributed by atoms with Crippen LogP contribution in [0.25, 0.3) is 11.1 Å². The summed E-state index contributed by atoms with van der Waals surface area (Å²) in [6, 6.07) is 6.23. The Morgan fingerprint density at radius 3 is 2.71 bits per heavy atom. The first kappa shape index (κ1) is 11.6. The van der Waals surface area contributed by atoms with Crippen molar-refractivity contribution >= 4 is 22.3 Å². The van der Waals surface area contributed by atoms with E-state index in [0.717, 1.165) is 0 Å². The summed E-state index contributed by atoms with van der Waals surface area (Å²) >= 11 is 1.19. The van der Waals surface area contributed by atoms with E-state index in [1.54, 1.807) is 23.6 Å². The number of nitrogens with two attached hydrogens (primary N) is 1. The molecule has 0 unspecified atom stereocenters. The first-order valence-electron chi connectivity index (χ1n) is 4.85. The molecule has 1 aromatic heterocycles. The minimum atomic E-state index is -0.554. The maximum atomic E-state index is 13.6. The molecule has 0 atom stereocenters. The lowest BCUT2D eigenvalue weighted by Crippen LogP contribution is -2.04. The van der Waals surface area contributed by atoms with Crippen LogP contribution in [0.1, 0.15) is 10.4 Å². The molecule has 5 heteroatoms. The molecule has 88 valence electrons. The van der Waals surface area contributed by atoms with Crippen LogP contribution in [0.3, 0.4) is 0 Å². The van der Waals surface area contributed by atoms with E-state index < -0.39 is 11.8 Å². The van der Waals surface area contributed by atoms with Crippen molar-refractivity contribution in [2.24, 2.45) is 0 Å². The molecular formula is C12H10FNO2S. The predicted octanol–water partition coefficient (Wildman–Crippen LogP) is 2.92. The molecule has 2 N–H and O–H groups in total. The highest BCUT2D eigenvalue weighted by molar-refractivity contribution is 7.14. The quantitative estimate of drug-likeness (QED) is 0.835. The number of carbonyl (C=O) groups excluding carboxylic acids is 1. The van der Waals surface area contributed by atoms with Gasteiger partial charge in [0.1, 0.15) is 16.4 Å². The van der Waals surface area contributed by atoms with E-state index in [4.69, 9.17) is 5.73 Å². The summed E-state index contributed by atoms with van der Waals surface area (Å²) in [5.41, 5.74) is 6.74. The SMILES string of the molecule is COC(=O)c1c(-c2ccccc2F)csc1N. The van der Waals surface area contributed by atoms with Gasteiger partial charge in [-0.25, -0.2) is 9.18 Å². The average Bonchev–Trinajstić information content (AvgIpc) is 2.71. The molecule has 1 heterocycles. The van der Waals surface area contributed by atoms with Crippen LogP contribution < -0.4 is 5.73 Å². The highest BCUT2D eigenvalue weighted by atomic mass is 32.1. The molecule has 0 fully saturated rings. The molecular weight excluding hydrogens is 241 g/mol. The van der Waals surface area contributed by atoms with Crippen molar-refractivity contribution in [3.05, 3.63) is 41.0 Å². The number of thiophene rings is 1. The lowest BCUT2D eigenvalue weighted by molar-refractivity contribution is 0.0603. The van der Waals surface area contributed by atoms with Crippen LogP contribution in [-0.4, -0.2) is 13.1 Å². The van der Waals surface area contributed by atoms with Crippen LogP contribution in [0, 0.1) is 5.82 Å². The summed E-state index contributed by atoms with van der Waals surface area (Å²) in [5.74, 6) is -0.947. The third-order valence-corrected chi connectivity index (χ3v) is 3.18. The zero-order chi connectivity index (χ0) is 12.4. The predicted molar refractivity (Wildman–Crippen MR) is 65.5 cm³/mol. The maximum Gasteiger partial charge on any atom is 0.341 e. The van der Waals surface area contributed by atoms with E-state index in [0.29, 0.717) is 16.1 Å². The number of ether oxygens (including phenoxy) is 1. The van der Waals surface area contributed by atoms with E-state index in [-0.39, 0.29) is 5.56 Å². The second kappa shape index (κ2) is 4.55. The number of rotatable bonds is 2. The smallest absolute Gasteiger partial charge is 0.341 e. The van der Waals surface area contributed by atoms with Gasteiger partial charge in [0.25, 0.3) is 0 Å².